The third-order valence-corrected chi connectivity index (χ3v) is 1.74. The van der Waals surface area contributed by atoms with Crippen molar-refractivity contribution in [1.82, 2.24) is 4.90 Å². The van der Waals surface area contributed by atoms with Gasteiger partial charge in [0.15, 0.2) is 0 Å². The molecule has 0 aromatic rings. The molecule has 0 fully saturated rings. The molecule has 0 aliphatic rings. The van der Waals surface area contributed by atoms with Crippen molar-refractivity contribution < 1.29 is 4.79 Å². The lowest BCUT2D eigenvalue weighted by Gasteiger charge is -2.21. The number of nitriles is 1. The normalized spacial score (nSPS) is 11.8. The number of amides is 1. The summed E-state index contributed by atoms with van der Waals surface area (Å²) in [5.41, 5.74) is 0. The first-order valence-electron chi connectivity index (χ1n) is 3.76. The van der Waals surface area contributed by atoms with Crippen LogP contribution >= 0.6 is 0 Å². The van der Waals surface area contributed by atoms with Gasteiger partial charge in [-0.05, 0) is 6.92 Å². The van der Waals surface area contributed by atoms with E-state index in [2.05, 4.69) is 0 Å². The zero-order chi connectivity index (χ0) is 8.85. The summed E-state index contributed by atoms with van der Waals surface area (Å²) < 4.78 is 0. The highest BCUT2D eigenvalue weighted by Gasteiger charge is 2.12. The Morgan fingerprint density at radius 1 is 1.73 bits per heavy atom. The van der Waals surface area contributed by atoms with Crippen LogP contribution < -0.4 is 0 Å². The number of carbonyl (C=O) groups excluding carboxylic acids is 1. The molecule has 0 N–H and O–H groups in total. The van der Waals surface area contributed by atoms with Gasteiger partial charge in [0.1, 0.15) is 0 Å². The fourth-order valence-corrected chi connectivity index (χ4v) is 0.764. The lowest BCUT2D eigenvalue weighted by Crippen LogP contribution is -2.34. The Hall–Kier alpha value is -1.04. The van der Waals surface area contributed by atoms with Crippen molar-refractivity contribution in [1.29, 1.82) is 5.26 Å². The van der Waals surface area contributed by atoms with Gasteiger partial charge < -0.3 is 4.90 Å². The fraction of sp³-hybridized carbons (Fsp3) is 0.750. The molecule has 3 nitrogen and oxygen atoms in total. The topological polar surface area (TPSA) is 44.1 Å². The maximum absolute atomic E-state index is 11.0. The zero-order valence-corrected chi connectivity index (χ0v) is 7.29. The van der Waals surface area contributed by atoms with Crippen LogP contribution in [0.15, 0.2) is 0 Å². The van der Waals surface area contributed by atoms with Crippen molar-refractivity contribution in [2.24, 2.45) is 0 Å². The van der Waals surface area contributed by atoms with Crippen molar-refractivity contribution in [2.45, 2.75) is 32.7 Å². The van der Waals surface area contributed by atoms with Crippen molar-refractivity contribution in [3.63, 3.8) is 0 Å². The second-order valence-corrected chi connectivity index (χ2v) is 2.57. The van der Waals surface area contributed by atoms with E-state index in [-0.39, 0.29) is 11.9 Å². The molecule has 1 unspecified atom stereocenters. The van der Waals surface area contributed by atoms with Gasteiger partial charge in [0, 0.05) is 19.5 Å². The summed E-state index contributed by atoms with van der Waals surface area (Å²) in [6.07, 6.45) is 0.911. The Kier molecular flexibility index (Phi) is 4.28. The number of rotatable bonds is 3. The van der Waals surface area contributed by atoms with Crippen LogP contribution in [0.25, 0.3) is 0 Å². The van der Waals surface area contributed by atoms with E-state index in [0.29, 0.717) is 12.8 Å². The first kappa shape index (κ1) is 9.96. The lowest BCUT2D eigenvalue weighted by molar-refractivity contribution is -0.131. The summed E-state index contributed by atoms with van der Waals surface area (Å²) in [7, 11) is 1.73. The maximum atomic E-state index is 11.0. The third-order valence-electron chi connectivity index (χ3n) is 1.74. The SMILES string of the molecule is CCC(=O)N(C)C(C)CC#N. The average molecular weight is 154 g/mol. The molecule has 0 heterocycles. The van der Waals surface area contributed by atoms with Crippen LogP contribution in [0.3, 0.4) is 0 Å². The Bertz CT molecular complexity index is 171. The molecule has 0 saturated carbocycles. The zero-order valence-electron chi connectivity index (χ0n) is 7.29. The minimum absolute atomic E-state index is 0.0347. The van der Waals surface area contributed by atoms with Crippen LogP contribution in [-0.2, 0) is 4.79 Å². The van der Waals surface area contributed by atoms with Gasteiger partial charge in [0.2, 0.25) is 5.91 Å². The molecule has 1 amide bonds. The Morgan fingerprint density at radius 2 is 2.27 bits per heavy atom. The van der Waals surface area contributed by atoms with Gasteiger partial charge in [0.05, 0.1) is 12.5 Å². The molecular formula is C8H14N2O. The molecule has 0 bridgehead atoms. The van der Waals surface area contributed by atoms with E-state index in [4.69, 9.17) is 5.26 Å². The second kappa shape index (κ2) is 4.73. The van der Waals surface area contributed by atoms with Crippen LogP contribution in [0.2, 0.25) is 0 Å². The summed E-state index contributed by atoms with van der Waals surface area (Å²) in [6.45, 7) is 3.69. The van der Waals surface area contributed by atoms with Gasteiger partial charge in [-0.25, -0.2) is 0 Å². The maximum Gasteiger partial charge on any atom is 0.222 e. The number of nitrogens with zero attached hydrogens (tertiary/aromatic N) is 2. The lowest BCUT2D eigenvalue weighted by atomic mass is 10.2. The second-order valence-electron chi connectivity index (χ2n) is 2.57. The van der Waals surface area contributed by atoms with Crippen LogP contribution in [-0.4, -0.2) is 23.9 Å². The molecule has 0 radical (unpaired) electrons. The smallest absolute Gasteiger partial charge is 0.222 e. The van der Waals surface area contributed by atoms with E-state index < -0.39 is 0 Å². The molecule has 1 atom stereocenters. The molecule has 62 valence electrons. The summed E-state index contributed by atoms with van der Waals surface area (Å²) in [5.74, 6) is 0.0905. The number of carbonyl (C=O) groups is 1. The molecule has 0 aliphatic heterocycles. The fourth-order valence-electron chi connectivity index (χ4n) is 0.764. The molecule has 3 heteroatoms. The van der Waals surface area contributed by atoms with E-state index in [1.807, 2.05) is 19.9 Å². The Balaban J connectivity index is 3.92. The predicted octanol–water partition coefficient (Wildman–Crippen LogP) is 1.16. The highest BCUT2D eigenvalue weighted by atomic mass is 16.2. The standard InChI is InChI=1S/C8H14N2O/c1-4-8(11)10(3)7(2)5-6-9/h7H,4-5H2,1-3H3. The first-order chi connectivity index (χ1) is 5.13. The highest BCUT2D eigenvalue weighted by Crippen LogP contribution is 2.01. The monoisotopic (exact) mass is 154 g/mol. The predicted molar refractivity (Wildman–Crippen MR) is 42.8 cm³/mol. The van der Waals surface area contributed by atoms with Gasteiger partial charge >= 0.3 is 0 Å². The molecule has 0 aromatic heterocycles. The van der Waals surface area contributed by atoms with Crippen LogP contribution in [0.5, 0.6) is 0 Å². The number of hydrogen-bond donors (Lipinski definition) is 0. The van der Waals surface area contributed by atoms with E-state index in [9.17, 15) is 4.79 Å². The van der Waals surface area contributed by atoms with Crippen molar-refractivity contribution in [2.75, 3.05) is 7.05 Å². The largest absolute Gasteiger partial charge is 0.342 e. The van der Waals surface area contributed by atoms with Crippen molar-refractivity contribution in [3.8, 4) is 6.07 Å². The van der Waals surface area contributed by atoms with Gasteiger partial charge in [-0.3, -0.25) is 4.79 Å². The van der Waals surface area contributed by atoms with Crippen molar-refractivity contribution >= 4 is 5.91 Å². The third kappa shape index (κ3) is 3.03. The Labute approximate surface area is 67.6 Å². The van der Waals surface area contributed by atoms with Crippen molar-refractivity contribution in [3.05, 3.63) is 0 Å². The minimum Gasteiger partial charge on any atom is -0.342 e. The Morgan fingerprint density at radius 3 is 2.64 bits per heavy atom. The van der Waals surface area contributed by atoms with Gasteiger partial charge in [-0.1, -0.05) is 6.92 Å². The van der Waals surface area contributed by atoms with Gasteiger partial charge in [-0.15, -0.1) is 0 Å². The van der Waals surface area contributed by atoms with Crippen LogP contribution in [0.1, 0.15) is 26.7 Å². The molecule has 0 aromatic carbocycles. The molecule has 11 heavy (non-hydrogen) atoms. The van der Waals surface area contributed by atoms with Gasteiger partial charge in [0.25, 0.3) is 0 Å². The first-order valence-corrected chi connectivity index (χ1v) is 3.76. The molecule has 0 rings (SSSR count). The average Bonchev–Trinajstić information content (AvgIpc) is 2.02. The summed E-state index contributed by atoms with van der Waals surface area (Å²) in [6, 6.07) is 2.07. The van der Waals surface area contributed by atoms with Gasteiger partial charge in [-0.2, -0.15) is 5.26 Å². The summed E-state index contributed by atoms with van der Waals surface area (Å²) in [4.78, 5) is 12.7. The van der Waals surface area contributed by atoms with E-state index >= 15 is 0 Å². The van der Waals surface area contributed by atoms with E-state index in [1.54, 1.807) is 11.9 Å². The minimum atomic E-state index is 0.0347. The molecular weight excluding hydrogens is 140 g/mol. The summed E-state index contributed by atoms with van der Waals surface area (Å²) >= 11 is 0. The number of hydrogen-bond acceptors (Lipinski definition) is 2. The molecule has 0 saturated heterocycles. The molecule has 0 spiro atoms. The highest BCUT2D eigenvalue weighted by molar-refractivity contribution is 5.75. The summed E-state index contributed by atoms with van der Waals surface area (Å²) in [5, 5.41) is 8.35. The van der Waals surface area contributed by atoms with Crippen LogP contribution in [0.4, 0.5) is 0 Å². The van der Waals surface area contributed by atoms with Crippen LogP contribution in [0, 0.1) is 11.3 Å². The van der Waals surface area contributed by atoms with E-state index in [0.717, 1.165) is 0 Å². The molecule has 0 aliphatic carbocycles. The quantitative estimate of drug-likeness (QED) is 0.612. The van der Waals surface area contributed by atoms with E-state index in [1.165, 1.54) is 0 Å².